The zero-order valence-electron chi connectivity index (χ0n) is 13.8. The van der Waals surface area contributed by atoms with E-state index >= 15 is 0 Å². The second-order valence-corrected chi connectivity index (χ2v) is 5.76. The number of aromatic nitrogens is 1. The lowest BCUT2D eigenvalue weighted by molar-refractivity contribution is -0.133. The maximum atomic E-state index is 12.7. The molecule has 1 atom stereocenters. The maximum absolute atomic E-state index is 12.7. The van der Waals surface area contributed by atoms with E-state index in [9.17, 15) is 4.79 Å². The molecule has 1 amide bonds. The summed E-state index contributed by atoms with van der Waals surface area (Å²) in [4.78, 5) is 14.7. The summed E-state index contributed by atoms with van der Waals surface area (Å²) < 4.78 is 12.8. The SMILES string of the molecule is COc1ccc(CC(=O)N2CCn3cccc3[C@@H]2C)cc1OC. The maximum Gasteiger partial charge on any atom is 0.227 e. The number of ether oxygens (including phenoxy) is 2. The number of fused-ring (bicyclic) bond motifs is 1. The fourth-order valence-electron chi connectivity index (χ4n) is 3.19. The van der Waals surface area contributed by atoms with Crippen molar-refractivity contribution in [2.45, 2.75) is 25.9 Å². The molecule has 122 valence electrons. The predicted octanol–water partition coefficient (Wildman–Crippen LogP) is 2.65. The van der Waals surface area contributed by atoms with E-state index in [4.69, 9.17) is 9.47 Å². The van der Waals surface area contributed by atoms with Crippen LogP contribution in [0.15, 0.2) is 36.5 Å². The number of amides is 1. The van der Waals surface area contributed by atoms with Crippen molar-refractivity contribution >= 4 is 5.91 Å². The largest absolute Gasteiger partial charge is 0.493 e. The average Bonchev–Trinajstić information content (AvgIpc) is 3.04. The van der Waals surface area contributed by atoms with Crippen LogP contribution in [0.5, 0.6) is 11.5 Å². The molecule has 0 spiro atoms. The second-order valence-electron chi connectivity index (χ2n) is 5.76. The third-order valence-corrected chi connectivity index (χ3v) is 4.47. The van der Waals surface area contributed by atoms with Gasteiger partial charge in [0, 0.05) is 25.0 Å². The minimum atomic E-state index is 0.103. The van der Waals surface area contributed by atoms with Gasteiger partial charge in [-0.05, 0) is 36.8 Å². The number of carbonyl (C=O) groups is 1. The van der Waals surface area contributed by atoms with Gasteiger partial charge in [0.15, 0.2) is 11.5 Å². The number of hydrogen-bond donors (Lipinski definition) is 0. The Morgan fingerprint density at radius 3 is 2.70 bits per heavy atom. The molecular formula is C18H22N2O3. The van der Waals surface area contributed by atoms with Crippen LogP contribution in [0, 0.1) is 0 Å². The monoisotopic (exact) mass is 314 g/mol. The molecule has 0 unspecified atom stereocenters. The van der Waals surface area contributed by atoms with Crippen LogP contribution < -0.4 is 9.47 Å². The standard InChI is InChI=1S/C18H22N2O3/c1-13-15-5-4-8-19(15)9-10-20(13)18(21)12-14-6-7-16(22-2)17(11-14)23-3/h4-8,11,13H,9-10,12H2,1-3H3/t13-/m0/s1. The zero-order chi connectivity index (χ0) is 16.4. The van der Waals surface area contributed by atoms with Gasteiger partial charge < -0.3 is 18.9 Å². The van der Waals surface area contributed by atoms with E-state index in [1.54, 1.807) is 14.2 Å². The minimum absolute atomic E-state index is 0.103. The number of nitrogens with zero attached hydrogens (tertiary/aromatic N) is 2. The van der Waals surface area contributed by atoms with Gasteiger partial charge in [0.1, 0.15) is 0 Å². The van der Waals surface area contributed by atoms with Crippen molar-refractivity contribution in [3.05, 3.63) is 47.8 Å². The van der Waals surface area contributed by atoms with Gasteiger partial charge in [0.2, 0.25) is 5.91 Å². The molecule has 0 aliphatic carbocycles. The average molecular weight is 314 g/mol. The van der Waals surface area contributed by atoms with Crippen LogP contribution in [-0.2, 0) is 17.8 Å². The number of methoxy groups -OCH3 is 2. The Labute approximate surface area is 136 Å². The van der Waals surface area contributed by atoms with Crippen LogP contribution in [-0.4, -0.2) is 36.1 Å². The lowest BCUT2D eigenvalue weighted by Gasteiger charge is -2.35. The van der Waals surface area contributed by atoms with Gasteiger partial charge in [-0.1, -0.05) is 6.07 Å². The van der Waals surface area contributed by atoms with Crippen LogP contribution >= 0.6 is 0 Å². The summed E-state index contributed by atoms with van der Waals surface area (Å²) in [6.45, 7) is 3.68. The van der Waals surface area contributed by atoms with Crippen molar-refractivity contribution in [2.75, 3.05) is 20.8 Å². The van der Waals surface area contributed by atoms with Gasteiger partial charge in [-0.15, -0.1) is 0 Å². The third kappa shape index (κ3) is 2.91. The molecule has 23 heavy (non-hydrogen) atoms. The molecule has 0 radical (unpaired) electrons. The molecular weight excluding hydrogens is 292 g/mol. The molecule has 0 N–H and O–H groups in total. The Kier molecular flexibility index (Phi) is 4.28. The van der Waals surface area contributed by atoms with Crippen LogP contribution in [0.3, 0.4) is 0 Å². The highest BCUT2D eigenvalue weighted by atomic mass is 16.5. The summed E-state index contributed by atoms with van der Waals surface area (Å²) in [5.74, 6) is 1.46. The minimum Gasteiger partial charge on any atom is -0.493 e. The summed E-state index contributed by atoms with van der Waals surface area (Å²) in [6, 6.07) is 9.84. The Morgan fingerprint density at radius 1 is 1.17 bits per heavy atom. The summed E-state index contributed by atoms with van der Waals surface area (Å²) >= 11 is 0. The van der Waals surface area contributed by atoms with E-state index < -0.39 is 0 Å². The fraction of sp³-hybridized carbons (Fsp3) is 0.389. The van der Waals surface area contributed by atoms with Gasteiger partial charge in [0.05, 0.1) is 26.7 Å². The van der Waals surface area contributed by atoms with Crippen molar-refractivity contribution in [3.8, 4) is 11.5 Å². The first kappa shape index (κ1) is 15.5. The van der Waals surface area contributed by atoms with E-state index in [0.29, 0.717) is 17.9 Å². The molecule has 3 rings (SSSR count). The highest BCUT2D eigenvalue weighted by molar-refractivity contribution is 5.79. The first-order valence-corrected chi connectivity index (χ1v) is 7.79. The molecule has 2 heterocycles. The number of hydrogen-bond acceptors (Lipinski definition) is 3. The van der Waals surface area contributed by atoms with Crippen LogP contribution in [0.1, 0.15) is 24.2 Å². The molecule has 1 aromatic carbocycles. The lowest BCUT2D eigenvalue weighted by Crippen LogP contribution is -2.41. The summed E-state index contributed by atoms with van der Waals surface area (Å²) in [6.07, 6.45) is 2.44. The Balaban J connectivity index is 1.75. The Bertz CT molecular complexity index is 708. The van der Waals surface area contributed by atoms with E-state index in [0.717, 1.165) is 18.7 Å². The normalized spacial score (nSPS) is 16.8. The molecule has 0 saturated carbocycles. The predicted molar refractivity (Wildman–Crippen MR) is 87.8 cm³/mol. The number of benzene rings is 1. The molecule has 0 saturated heterocycles. The Morgan fingerprint density at radius 2 is 1.96 bits per heavy atom. The number of carbonyl (C=O) groups excluding carboxylic acids is 1. The van der Waals surface area contributed by atoms with Gasteiger partial charge in [0.25, 0.3) is 0 Å². The Hall–Kier alpha value is -2.43. The number of rotatable bonds is 4. The third-order valence-electron chi connectivity index (χ3n) is 4.47. The van der Waals surface area contributed by atoms with Crippen LogP contribution in [0.2, 0.25) is 0 Å². The molecule has 1 aromatic heterocycles. The lowest BCUT2D eigenvalue weighted by atomic mass is 10.1. The van der Waals surface area contributed by atoms with E-state index in [-0.39, 0.29) is 11.9 Å². The molecule has 1 aliphatic heterocycles. The van der Waals surface area contributed by atoms with Crippen molar-refractivity contribution in [2.24, 2.45) is 0 Å². The topological polar surface area (TPSA) is 43.7 Å². The zero-order valence-corrected chi connectivity index (χ0v) is 13.8. The molecule has 5 nitrogen and oxygen atoms in total. The van der Waals surface area contributed by atoms with E-state index in [1.165, 1.54) is 5.69 Å². The summed E-state index contributed by atoms with van der Waals surface area (Å²) in [7, 11) is 3.21. The highest BCUT2D eigenvalue weighted by Crippen LogP contribution is 2.29. The molecule has 1 aliphatic rings. The molecule has 2 aromatic rings. The smallest absolute Gasteiger partial charge is 0.227 e. The highest BCUT2D eigenvalue weighted by Gasteiger charge is 2.27. The van der Waals surface area contributed by atoms with Crippen molar-refractivity contribution in [1.82, 2.24) is 9.47 Å². The van der Waals surface area contributed by atoms with Gasteiger partial charge in [-0.2, -0.15) is 0 Å². The molecule has 5 heteroatoms. The van der Waals surface area contributed by atoms with Crippen molar-refractivity contribution in [3.63, 3.8) is 0 Å². The van der Waals surface area contributed by atoms with Crippen LogP contribution in [0.25, 0.3) is 0 Å². The van der Waals surface area contributed by atoms with E-state index in [2.05, 4.69) is 23.8 Å². The van der Waals surface area contributed by atoms with Gasteiger partial charge in [-0.3, -0.25) is 4.79 Å². The molecule has 0 fully saturated rings. The van der Waals surface area contributed by atoms with Gasteiger partial charge >= 0.3 is 0 Å². The summed E-state index contributed by atoms with van der Waals surface area (Å²) in [5.41, 5.74) is 2.12. The van der Waals surface area contributed by atoms with Crippen molar-refractivity contribution in [1.29, 1.82) is 0 Å². The molecule has 0 bridgehead atoms. The van der Waals surface area contributed by atoms with Crippen LogP contribution in [0.4, 0.5) is 0 Å². The first-order chi connectivity index (χ1) is 11.1. The second kappa shape index (κ2) is 6.36. The summed E-state index contributed by atoms with van der Waals surface area (Å²) in [5, 5.41) is 0. The van der Waals surface area contributed by atoms with Gasteiger partial charge in [-0.25, -0.2) is 0 Å². The first-order valence-electron chi connectivity index (χ1n) is 7.79. The fourth-order valence-corrected chi connectivity index (χ4v) is 3.19. The van der Waals surface area contributed by atoms with E-state index in [1.807, 2.05) is 29.2 Å². The van der Waals surface area contributed by atoms with Crippen molar-refractivity contribution < 1.29 is 14.3 Å². The quantitative estimate of drug-likeness (QED) is 0.871.